The molecular weight excluding hydrogens is 1340 g/mol. The third-order valence-corrected chi connectivity index (χ3v) is 17.8. The van der Waals surface area contributed by atoms with Gasteiger partial charge in [0.2, 0.25) is 0 Å². The van der Waals surface area contributed by atoms with Crippen molar-refractivity contribution in [2.24, 2.45) is 22.1 Å². The molecule has 510 valence electrons. The van der Waals surface area contributed by atoms with E-state index in [1.807, 2.05) is 79.4 Å². The first-order chi connectivity index (χ1) is 44.6. The van der Waals surface area contributed by atoms with E-state index in [0.717, 1.165) is 104 Å². The minimum atomic E-state index is -3.59. The Hall–Kier alpha value is -7.20. The zero-order chi connectivity index (χ0) is 70.6. The van der Waals surface area contributed by atoms with Gasteiger partial charge >= 0.3 is 33.3 Å². The number of H-pyrrole nitrogens is 1. The molecule has 0 amide bonds. The quantitative estimate of drug-likeness (QED) is 0.0264. The first-order valence-electron chi connectivity index (χ1n) is 30.2. The molecule has 0 bridgehead atoms. The van der Waals surface area contributed by atoms with Crippen molar-refractivity contribution in [3.05, 3.63) is 161 Å². The molecule has 26 nitrogen and oxygen atoms in total. The van der Waals surface area contributed by atoms with E-state index >= 15 is 0 Å². The number of nitrogen functional groups attached to an aromatic ring is 2. The van der Waals surface area contributed by atoms with Gasteiger partial charge in [-0.3, -0.25) is 4.79 Å². The Morgan fingerprint density at radius 1 is 0.589 bits per heavy atom. The Morgan fingerprint density at radius 2 is 0.989 bits per heavy atom. The summed E-state index contributed by atoms with van der Waals surface area (Å²) in [7, 11) is -4.80. The minimum Gasteiger partial charge on any atom is -0.465 e. The van der Waals surface area contributed by atoms with E-state index in [9.17, 15) is 31.2 Å². The molecule has 95 heavy (non-hydrogen) atoms. The Labute approximate surface area is 570 Å². The number of halogens is 2. The van der Waals surface area contributed by atoms with Crippen LogP contribution in [0.2, 0.25) is 25.6 Å². The van der Waals surface area contributed by atoms with Gasteiger partial charge in [-0.1, -0.05) is 27.5 Å². The maximum Gasteiger partial charge on any atom is 0.426 e. The van der Waals surface area contributed by atoms with E-state index < -0.39 is 26.4 Å². The van der Waals surface area contributed by atoms with E-state index in [1.54, 1.807) is 30.6 Å². The van der Waals surface area contributed by atoms with Gasteiger partial charge in [0.1, 0.15) is 23.6 Å². The van der Waals surface area contributed by atoms with Gasteiger partial charge in [-0.2, -0.15) is 16.8 Å². The molecule has 0 spiro atoms. The van der Waals surface area contributed by atoms with Gasteiger partial charge in [-0.25, -0.2) is 54.2 Å². The first kappa shape index (κ1) is 78.5. The average Bonchev–Trinajstić information content (AvgIpc) is 0.788. The van der Waals surface area contributed by atoms with Gasteiger partial charge in [0, 0.05) is 52.8 Å². The van der Waals surface area contributed by atoms with Gasteiger partial charge in [-0.05, 0) is 231 Å². The second kappa shape index (κ2) is 36.2. The van der Waals surface area contributed by atoms with E-state index in [2.05, 4.69) is 115 Å². The average molecular weight is 1430 g/mol. The molecule has 8 aromatic rings. The summed E-state index contributed by atoms with van der Waals surface area (Å²) in [6, 6.07) is 19.0. The third-order valence-electron chi connectivity index (χ3n) is 15.5. The van der Waals surface area contributed by atoms with Crippen LogP contribution in [-0.4, -0.2) is 134 Å². The number of carbonyl (C=O) groups is 2. The normalized spacial score (nSPS) is 13.7. The Kier molecular flexibility index (Phi) is 29.9. The predicted molar refractivity (Wildman–Crippen MR) is 383 cm³/mol. The first-order valence-corrected chi connectivity index (χ1v) is 34.4. The number of aromatic nitrogens is 6. The smallest absolute Gasteiger partial charge is 0.426 e. The highest BCUT2D eigenvalue weighted by molar-refractivity contribution is 9.10. The number of rotatable bonds is 11. The van der Waals surface area contributed by atoms with Crippen molar-refractivity contribution in [1.29, 1.82) is 0 Å². The molecule has 3 aromatic heterocycles. The number of nitrogens with one attached hydrogen (secondary N) is 4. The monoisotopic (exact) mass is 1430 g/mol. The maximum absolute atomic E-state index is 11.3. The zero-order valence-corrected chi connectivity index (χ0v) is 60.0. The van der Waals surface area contributed by atoms with E-state index in [0.29, 0.717) is 58.0 Å². The van der Waals surface area contributed by atoms with Crippen molar-refractivity contribution in [2.45, 2.75) is 95.6 Å². The van der Waals surface area contributed by atoms with E-state index in [4.69, 9.17) is 47.1 Å². The molecule has 0 aliphatic carbocycles. The number of hydrogen-bond acceptors (Lipinski definition) is 21. The SMILES string of the molecule is CB1OB(C)OB(C)O1.COC(=O)c1cc(Br)c(C)cc1N.COC(=O)c1cc(C)c(C)cc1N.Cc1cc2nc[nH]c(=O)c2cc1C.Cc1cc2ncnc(Cl)c2cc1C.Cc1cc2ncnc(N3CC(CCNS(N)(=O)=O)C3)c2cc1C.NS(=O)(=O)NCCC1CNC1. The largest absolute Gasteiger partial charge is 0.465 e. The molecule has 6 heterocycles. The molecule has 11 rings (SSSR count). The summed E-state index contributed by atoms with van der Waals surface area (Å²) in [6.07, 6.45) is 6.15. The summed E-state index contributed by atoms with van der Waals surface area (Å²) in [5.41, 5.74) is 25.8. The third kappa shape index (κ3) is 24.8. The van der Waals surface area contributed by atoms with Gasteiger partial charge in [-0.15, -0.1) is 0 Å². The maximum atomic E-state index is 11.3. The number of aryl methyl sites for hydroxylation is 9. The number of nitrogens with two attached hydrogens (primary N) is 4. The van der Waals surface area contributed by atoms with Gasteiger partial charge < -0.3 is 49.9 Å². The Morgan fingerprint density at radius 3 is 1.46 bits per heavy atom. The molecule has 0 unspecified atom stereocenters. The van der Waals surface area contributed by atoms with Crippen molar-refractivity contribution >= 4 is 131 Å². The van der Waals surface area contributed by atoms with Crippen LogP contribution >= 0.6 is 27.5 Å². The topological polar surface area (TPSA) is 389 Å². The van der Waals surface area contributed by atoms with Crippen molar-refractivity contribution in [3.63, 3.8) is 0 Å². The lowest BCUT2D eigenvalue weighted by Crippen LogP contribution is -2.48. The molecule has 33 heteroatoms. The summed E-state index contributed by atoms with van der Waals surface area (Å²) in [4.78, 5) is 59.4. The summed E-state index contributed by atoms with van der Waals surface area (Å²) in [6.45, 7) is 28.2. The predicted octanol–water partition coefficient (Wildman–Crippen LogP) is 7.90. The van der Waals surface area contributed by atoms with Crippen LogP contribution in [0.4, 0.5) is 17.2 Å². The lowest BCUT2D eigenvalue weighted by atomic mass is 9.74. The molecule has 12 N–H and O–H groups in total. The summed E-state index contributed by atoms with van der Waals surface area (Å²) in [5, 5.41) is 15.9. The van der Waals surface area contributed by atoms with Crippen LogP contribution < -0.4 is 47.0 Å². The molecule has 3 aliphatic rings. The number of anilines is 3. The fourth-order valence-electron chi connectivity index (χ4n) is 9.48. The molecular formula is C62H85B3BrClN14O12S2. The Bertz CT molecular complexity index is 4180. The number of methoxy groups -OCH3 is 2. The van der Waals surface area contributed by atoms with Crippen molar-refractivity contribution in [3.8, 4) is 0 Å². The van der Waals surface area contributed by atoms with Crippen LogP contribution in [0.25, 0.3) is 32.7 Å². The summed E-state index contributed by atoms with van der Waals surface area (Å²) < 4.78 is 72.4. The second-order valence-electron chi connectivity index (χ2n) is 23.0. The number of aromatic amines is 1. The van der Waals surface area contributed by atoms with Gasteiger partial charge in [0.05, 0.1) is 53.6 Å². The highest BCUT2D eigenvalue weighted by Crippen LogP contribution is 2.32. The number of ether oxygens (including phenoxy) is 2. The number of nitrogens with zero attached hydrogens (tertiary/aromatic N) is 6. The van der Waals surface area contributed by atoms with E-state index in [-0.39, 0.29) is 32.9 Å². The molecule has 3 saturated heterocycles. The van der Waals surface area contributed by atoms with Crippen molar-refractivity contribution < 1.29 is 49.6 Å². The number of hydrogen-bond donors (Lipinski definition) is 8. The van der Waals surface area contributed by atoms with Crippen LogP contribution in [0.5, 0.6) is 0 Å². The fourth-order valence-corrected chi connectivity index (χ4v) is 10.8. The zero-order valence-electron chi connectivity index (χ0n) is 56.0. The van der Waals surface area contributed by atoms with Crippen LogP contribution in [0.15, 0.2) is 88.9 Å². The highest BCUT2D eigenvalue weighted by atomic mass is 79.9. The van der Waals surface area contributed by atoms with Crippen LogP contribution in [0.1, 0.15) is 83.6 Å². The number of benzene rings is 5. The standard InChI is InChI=1S/C15H21N5O2S.C10H9ClN2.C10H10N2O.C10H13NO2.C9H10BrNO2.C5H13N3O2S.C3H9B3O3/c1-10-5-13-14(6-11(10)2)17-9-18-15(13)20-7-12(8-20)3-4-19-23(16,21)22;1-6-3-8-9(4-7(6)2)12-5-13-10(8)11;1-6-3-8-9(4-7(6)2)11-5-12-10(8)13;1-6-4-8(10(12)13-3)9(11)5-7(6)2;1-5-3-8(11)6(4-7(5)10)9(12)13-2;6-11(9,10)8-2-1-5-3-7-4-5;1-4-7-5(2)9-6(3)8-4/h5-6,9,12,19H,3-4,7-8H2,1-2H3,(H2,16,21,22);3-5H,1-2H3;3-5H,1-2H3,(H,11,12,13);4-5H,11H2,1-3H3;3-4H,11H2,1-2H3;5,7-8H,1-4H2,(H2,6,9,10);1-3H3. The van der Waals surface area contributed by atoms with Crippen LogP contribution in [0, 0.1) is 74.1 Å². The fraction of sp³-hybridized carbons (Fsp3) is 0.387. The second-order valence-corrected chi connectivity index (χ2v) is 27.0. The molecule has 3 fully saturated rings. The van der Waals surface area contributed by atoms with E-state index in [1.165, 1.54) is 49.1 Å². The Balaban J connectivity index is 0.000000205. The lowest BCUT2D eigenvalue weighted by Gasteiger charge is -2.40. The molecule has 5 aromatic carbocycles. The van der Waals surface area contributed by atoms with Gasteiger partial charge in [0.25, 0.3) is 26.0 Å². The minimum absolute atomic E-state index is 0.0758. The summed E-state index contributed by atoms with van der Waals surface area (Å²) in [5.74, 6) is 1.21. The highest BCUT2D eigenvalue weighted by Gasteiger charge is 2.32. The van der Waals surface area contributed by atoms with Crippen LogP contribution in [0.3, 0.4) is 0 Å². The van der Waals surface area contributed by atoms with Crippen LogP contribution in [-0.2, 0) is 43.6 Å². The number of esters is 2. The van der Waals surface area contributed by atoms with Crippen molar-refractivity contribution in [1.82, 2.24) is 44.7 Å². The number of carbonyl (C=O) groups excluding carboxylic acids is 2. The summed E-state index contributed by atoms with van der Waals surface area (Å²) >= 11 is 9.24. The molecule has 3 aliphatic heterocycles. The lowest BCUT2D eigenvalue weighted by molar-refractivity contribution is 0.0593. The van der Waals surface area contributed by atoms with Crippen molar-refractivity contribution in [2.75, 3.05) is 69.9 Å². The number of fused-ring (bicyclic) bond motifs is 3. The van der Waals surface area contributed by atoms with Gasteiger partial charge in [0.15, 0.2) is 0 Å². The molecule has 0 atom stereocenters. The molecule has 0 saturated carbocycles. The molecule has 0 radical (unpaired) electrons.